The second-order valence-corrected chi connectivity index (χ2v) is 16.4. The summed E-state index contributed by atoms with van der Waals surface area (Å²) in [6.07, 6.45) is -10.1. The zero-order valence-corrected chi connectivity index (χ0v) is 35.0. The molecule has 2 saturated carbocycles. The first-order valence-corrected chi connectivity index (χ1v) is 19.5. The number of ether oxygens (including phenoxy) is 9. The molecule has 0 aromatic carbocycles. The van der Waals surface area contributed by atoms with E-state index in [0.717, 1.165) is 61.0 Å². The van der Waals surface area contributed by atoms with E-state index in [1.54, 1.807) is 0 Å². The second-order valence-electron chi connectivity index (χ2n) is 16.4. The Morgan fingerprint density at radius 3 is 2.00 bits per heavy atom. The van der Waals surface area contributed by atoms with Crippen LogP contribution >= 0.6 is 0 Å². The number of hydrogen-bond donors (Lipinski definition) is 2. The molecule has 21 nitrogen and oxygen atoms in total. The number of rotatable bonds is 8. The van der Waals surface area contributed by atoms with Gasteiger partial charge < -0.3 is 57.3 Å². The van der Waals surface area contributed by atoms with Gasteiger partial charge in [-0.25, -0.2) is 14.4 Å². The Bertz CT molecular complexity index is 2150. The number of esters is 8. The minimum atomic E-state index is -3.00. The topological polar surface area (TPSA) is 286 Å². The monoisotopic (exact) mass is 873 g/mol. The van der Waals surface area contributed by atoms with Crippen molar-refractivity contribution in [2.75, 3.05) is 13.2 Å². The Balaban J connectivity index is 1.79. The van der Waals surface area contributed by atoms with Crippen molar-refractivity contribution in [2.45, 2.75) is 127 Å². The van der Waals surface area contributed by atoms with Gasteiger partial charge in [0.25, 0.3) is 0 Å². The lowest BCUT2D eigenvalue weighted by Crippen LogP contribution is -2.89. The molecule has 1 saturated heterocycles. The SMILES string of the molecule is CC(=O)OC[C@]12[C@H](OC(C)=O)[C@H](OC(=O)c3ccoc3)[C@H]3OC(=O)[C@@](C)(O)CCc4ncccc4C(=O)OC[C@@]4(C)O[C@]1([C@@H](OC(C)=O)[C@@H]4[C@H](OC(C)=O)[C@@H]2OC(C)=O)[C@]3(C)O. The molecule has 2 aliphatic heterocycles. The van der Waals surface area contributed by atoms with Gasteiger partial charge >= 0.3 is 47.8 Å². The van der Waals surface area contributed by atoms with Crippen molar-refractivity contribution in [1.29, 1.82) is 0 Å². The number of aryl methyl sites for hydroxylation is 1. The Labute approximate surface area is 353 Å². The number of pyridine rings is 1. The first-order chi connectivity index (χ1) is 28.9. The van der Waals surface area contributed by atoms with E-state index in [0.29, 0.717) is 0 Å². The summed E-state index contributed by atoms with van der Waals surface area (Å²) in [6, 6.07) is 3.99. The van der Waals surface area contributed by atoms with Gasteiger partial charge in [-0.1, -0.05) is 0 Å². The van der Waals surface area contributed by atoms with E-state index in [1.165, 1.54) is 31.3 Å². The molecule has 336 valence electrons. The molecule has 4 aliphatic rings. The Morgan fingerprint density at radius 2 is 1.42 bits per heavy atom. The number of cyclic esters (lactones) is 1. The van der Waals surface area contributed by atoms with Crippen LogP contribution in [0, 0.1) is 11.3 Å². The fourth-order valence-corrected chi connectivity index (χ4v) is 9.53. The maximum absolute atomic E-state index is 14.4. The van der Waals surface area contributed by atoms with Crippen LogP contribution in [0.1, 0.15) is 88.2 Å². The van der Waals surface area contributed by atoms with Crippen LogP contribution in [0.5, 0.6) is 0 Å². The van der Waals surface area contributed by atoms with Crippen LogP contribution in [-0.2, 0) is 77.8 Å². The fourth-order valence-electron chi connectivity index (χ4n) is 9.53. The predicted octanol–water partition coefficient (Wildman–Crippen LogP) is 0.864. The average Bonchev–Trinajstić information content (AvgIpc) is 3.79. The number of aliphatic hydroxyl groups is 2. The van der Waals surface area contributed by atoms with Gasteiger partial charge in [0, 0.05) is 40.8 Å². The first-order valence-electron chi connectivity index (χ1n) is 19.5. The van der Waals surface area contributed by atoms with Crippen molar-refractivity contribution < 1.29 is 95.6 Å². The van der Waals surface area contributed by atoms with E-state index < -0.39 is 138 Å². The van der Waals surface area contributed by atoms with Gasteiger partial charge in [-0.05, 0) is 51.8 Å². The molecule has 1 spiro atoms. The van der Waals surface area contributed by atoms with Gasteiger partial charge in [-0.2, -0.15) is 0 Å². The summed E-state index contributed by atoms with van der Waals surface area (Å²) in [4.78, 5) is 113. The van der Waals surface area contributed by atoms with Crippen LogP contribution in [-0.4, -0.2) is 135 Å². The van der Waals surface area contributed by atoms with Crippen molar-refractivity contribution in [3.8, 4) is 0 Å². The smallest absolute Gasteiger partial charge is 0.341 e. The van der Waals surface area contributed by atoms with Gasteiger partial charge in [-0.3, -0.25) is 29.0 Å². The molecular weight excluding hydrogens is 826 g/mol. The molecule has 6 rings (SSSR count). The lowest BCUT2D eigenvalue weighted by atomic mass is 9.45. The molecule has 4 heterocycles. The molecule has 2 aromatic heterocycles. The van der Waals surface area contributed by atoms with Crippen LogP contribution in [0.2, 0.25) is 0 Å². The quantitative estimate of drug-likeness (QED) is 0.275. The number of carbonyl (C=O) groups excluding carboxylic acids is 8. The standard InChI is InChI=1S/C41H47NO20/c1-19(43)54-18-40-32(58-22(4)46)28(56-20(2)44)27-30(57-21(3)45)41(40)39(8,52)31(29(33(40)59-23(5)47)60-34(48)24-12-15-53-16-24)61-36(50)37(6,51)13-11-26-25(10-9-14-42-26)35(49)55-17-38(27,7)62-41/h9-10,12,14-16,27-33,51-52H,11,13,17-18H2,1-8H3/t27-,28-,29+,30-,31+,32-,33+,37-,38+,39+,40-,41+/m0/s1. The number of nitrogens with zero attached hydrogens (tertiary/aromatic N) is 1. The highest BCUT2D eigenvalue weighted by Crippen LogP contribution is 2.70. The maximum atomic E-state index is 14.4. The lowest BCUT2D eigenvalue weighted by molar-refractivity contribution is -0.386. The van der Waals surface area contributed by atoms with Gasteiger partial charge in [-0.15, -0.1) is 0 Å². The van der Waals surface area contributed by atoms with Crippen LogP contribution in [0.4, 0.5) is 0 Å². The van der Waals surface area contributed by atoms with Crippen molar-refractivity contribution in [3.05, 3.63) is 53.7 Å². The number of furan rings is 1. The molecule has 0 amide bonds. The molecule has 3 fully saturated rings. The lowest BCUT2D eigenvalue weighted by Gasteiger charge is -2.67. The summed E-state index contributed by atoms with van der Waals surface area (Å²) in [5, 5.41) is 25.3. The molecule has 12 atom stereocenters. The molecule has 21 heteroatoms. The number of aromatic nitrogens is 1. The number of hydrogen-bond acceptors (Lipinski definition) is 21. The summed E-state index contributed by atoms with van der Waals surface area (Å²) in [7, 11) is 0. The highest BCUT2D eigenvalue weighted by molar-refractivity contribution is 5.91. The summed E-state index contributed by atoms with van der Waals surface area (Å²) >= 11 is 0. The maximum Gasteiger partial charge on any atom is 0.341 e. The van der Waals surface area contributed by atoms with E-state index in [-0.39, 0.29) is 23.2 Å². The van der Waals surface area contributed by atoms with Crippen molar-refractivity contribution in [2.24, 2.45) is 11.3 Å². The third-order valence-electron chi connectivity index (χ3n) is 11.9. The molecule has 2 aliphatic carbocycles. The molecule has 0 unspecified atom stereocenters. The highest BCUT2D eigenvalue weighted by atomic mass is 16.7. The van der Waals surface area contributed by atoms with E-state index in [2.05, 4.69) is 4.98 Å². The molecule has 2 aromatic rings. The Hall–Kier alpha value is -5.93. The van der Waals surface area contributed by atoms with Crippen molar-refractivity contribution >= 4 is 47.8 Å². The minimum Gasteiger partial charge on any atom is -0.472 e. The van der Waals surface area contributed by atoms with Gasteiger partial charge in [0.1, 0.15) is 48.3 Å². The van der Waals surface area contributed by atoms with Crippen LogP contribution in [0.3, 0.4) is 0 Å². The Kier molecular flexibility index (Phi) is 12.1. The molecule has 0 radical (unpaired) electrons. The zero-order valence-electron chi connectivity index (χ0n) is 35.0. The van der Waals surface area contributed by atoms with Gasteiger partial charge in [0.15, 0.2) is 35.6 Å². The Morgan fingerprint density at radius 1 is 0.806 bits per heavy atom. The fraction of sp³-hybridized carbons (Fsp3) is 0.585. The zero-order chi connectivity index (χ0) is 45.7. The average molecular weight is 874 g/mol. The molecule has 2 N–H and O–H groups in total. The molecular formula is C41H47NO20. The number of fused-ring (bicyclic) bond motifs is 5. The van der Waals surface area contributed by atoms with Crippen molar-refractivity contribution in [3.63, 3.8) is 0 Å². The summed E-state index contributed by atoms with van der Waals surface area (Å²) < 4.78 is 59.6. The summed E-state index contributed by atoms with van der Waals surface area (Å²) in [5.74, 6) is -10.7. The van der Waals surface area contributed by atoms with Crippen LogP contribution in [0.25, 0.3) is 0 Å². The van der Waals surface area contributed by atoms with Crippen LogP contribution < -0.4 is 0 Å². The number of carbonyl (C=O) groups is 8. The van der Waals surface area contributed by atoms with E-state index in [1.807, 2.05) is 0 Å². The van der Waals surface area contributed by atoms with E-state index in [4.69, 9.17) is 47.0 Å². The highest BCUT2D eigenvalue weighted by Gasteiger charge is 2.92. The van der Waals surface area contributed by atoms with Crippen molar-refractivity contribution in [1.82, 2.24) is 4.98 Å². The minimum absolute atomic E-state index is 0.0776. The third kappa shape index (κ3) is 7.54. The normalized spacial score (nSPS) is 36.3. The largest absolute Gasteiger partial charge is 0.472 e. The summed E-state index contributed by atoms with van der Waals surface area (Å²) in [6.45, 7) is 6.25. The molecule has 4 bridgehead atoms. The predicted molar refractivity (Wildman–Crippen MR) is 199 cm³/mol. The van der Waals surface area contributed by atoms with E-state index in [9.17, 15) is 48.6 Å². The van der Waals surface area contributed by atoms with Gasteiger partial charge in [0.2, 0.25) is 0 Å². The van der Waals surface area contributed by atoms with E-state index >= 15 is 0 Å². The van der Waals surface area contributed by atoms with Crippen LogP contribution in [0.15, 0.2) is 41.3 Å². The molecule has 62 heavy (non-hydrogen) atoms. The van der Waals surface area contributed by atoms with Gasteiger partial charge in [0.05, 0.1) is 29.0 Å². The third-order valence-corrected chi connectivity index (χ3v) is 11.9. The second kappa shape index (κ2) is 16.4. The summed E-state index contributed by atoms with van der Waals surface area (Å²) in [5.41, 5.74) is -13.5. The first kappa shape index (κ1) is 45.6.